The molecule has 2 N–H and O–H groups in total. The SMILES string of the molecule is CCCCCCCCCCCCN(CCO)C(C)(O)OCC. The van der Waals surface area contributed by atoms with Gasteiger partial charge in [-0.2, -0.15) is 0 Å². The molecule has 0 heterocycles. The van der Waals surface area contributed by atoms with Gasteiger partial charge in [-0.15, -0.1) is 0 Å². The third-order valence-corrected chi connectivity index (χ3v) is 4.16. The first kappa shape index (κ1) is 21.8. The molecule has 0 aromatic carbocycles. The number of rotatable bonds is 16. The van der Waals surface area contributed by atoms with E-state index in [1.807, 2.05) is 11.8 Å². The van der Waals surface area contributed by atoms with Gasteiger partial charge in [-0.25, -0.2) is 0 Å². The molecular formula is C18H39NO3. The molecule has 0 bridgehead atoms. The second-order valence-corrected chi connectivity index (χ2v) is 6.26. The Morgan fingerprint density at radius 2 is 1.32 bits per heavy atom. The van der Waals surface area contributed by atoms with Crippen LogP contribution in [-0.4, -0.2) is 47.3 Å². The Bertz CT molecular complexity index is 234. The summed E-state index contributed by atoms with van der Waals surface area (Å²) in [4.78, 5) is 1.82. The Kier molecular flexibility index (Phi) is 14.3. The summed E-state index contributed by atoms with van der Waals surface area (Å²) in [5.74, 6) is -1.27. The normalized spacial score (nSPS) is 14.5. The molecule has 0 saturated heterocycles. The molecule has 0 fully saturated rings. The smallest absolute Gasteiger partial charge is 0.224 e. The van der Waals surface area contributed by atoms with Crippen molar-refractivity contribution in [2.24, 2.45) is 0 Å². The molecule has 0 aliphatic rings. The molecule has 0 spiro atoms. The number of ether oxygens (including phenoxy) is 1. The molecule has 0 aromatic rings. The minimum absolute atomic E-state index is 0.0426. The van der Waals surface area contributed by atoms with E-state index in [0.717, 1.165) is 13.0 Å². The van der Waals surface area contributed by atoms with Gasteiger partial charge in [-0.05, 0) is 13.3 Å². The topological polar surface area (TPSA) is 52.9 Å². The fourth-order valence-corrected chi connectivity index (χ4v) is 2.80. The molecule has 4 nitrogen and oxygen atoms in total. The molecule has 0 radical (unpaired) electrons. The number of hydrogen-bond donors (Lipinski definition) is 2. The third-order valence-electron chi connectivity index (χ3n) is 4.16. The van der Waals surface area contributed by atoms with Crippen LogP contribution < -0.4 is 0 Å². The number of aliphatic hydroxyl groups is 2. The lowest BCUT2D eigenvalue weighted by Crippen LogP contribution is -2.50. The summed E-state index contributed by atoms with van der Waals surface area (Å²) in [5, 5.41) is 19.4. The van der Waals surface area contributed by atoms with Crippen molar-refractivity contribution in [2.45, 2.75) is 90.9 Å². The molecule has 22 heavy (non-hydrogen) atoms. The second kappa shape index (κ2) is 14.4. The molecule has 0 rings (SSSR count). The van der Waals surface area contributed by atoms with Crippen LogP contribution in [0.4, 0.5) is 0 Å². The Labute approximate surface area is 137 Å². The van der Waals surface area contributed by atoms with Crippen LogP contribution >= 0.6 is 0 Å². The van der Waals surface area contributed by atoms with Crippen molar-refractivity contribution in [3.63, 3.8) is 0 Å². The van der Waals surface area contributed by atoms with Crippen LogP contribution in [0, 0.1) is 0 Å². The van der Waals surface area contributed by atoms with E-state index >= 15 is 0 Å². The Balaban J connectivity index is 3.64. The van der Waals surface area contributed by atoms with Crippen molar-refractivity contribution in [1.29, 1.82) is 0 Å². The van der Waals surface area contributed by atoms with Crippen molar-refractivity contribution >= 4 is 0 Å². The predicted molar refractivity (Wildman–Crippen MR) is 92.8 cm³/mol. The zero-order valence-corrected chi connectivity index (χ0v) is 15.1. The quantitative estimate of drug-likeness (QED) is 0.335. The van der Waals surface area contributed by atoms with Crippen molar-refractivity contribution in [3.8, 4) is 0 Å². The molecule has 0 amide bonds. The molecule has 1 atom stereocenters. The highest BCUT2D eigenvalue weighted by atomic mass is 16.6. The summed E-state index contributed by atoms with van der Waals surface area (Å²) in [6, 6.07) is 0. The van der Waals surface area contributed by atoms with Gasteiger partial charge in [0.25, 0.3) is 0 Å². The molecule has 134 valence electrons. The fourth-order valence-electron chi connectivity index (χ4n) is 2.80. The summed E-state index contributed by atoms with van der Waals surface area (Å²) < 4.78 is 5.36. The van der Waals surface area contributed by atoms with Crippen molar-refractivity contribution < 1.29 is 14.9 Å². The highest BCUT2D eigenvalue weighted by Gasteiger charge is 2.28. The first-order valence-electron chi connectivity index (χ1n) is 9.30. The average Bonchev–Trinajstić information content (AvgIpc) is 2.48. The summed E-state index contributed by atoms with van der Waals surface area (Å²) in [5.41, 5.74) is 0. The highest BCUT2D eigenvalue weighted by molar-refractivity contribution is 4.65. The lowest BCUT2D eigenvalue weighted by atomic mass is 10.1. The lowest BCUT2D eigenvalue weighted by Gasteiger charge is -2.35. The van der Waals surface area contributed by atoms with Crippen molar-refractivity contribution in [2.75, 3.05) is 26.3 Å². The van der Waals surface area contributed by atoms with Gasteiger partial charge in [0.1, 0.15) is 0 Å². The molecule has 0 aliphatic carbocycles. The van der Waals surface area contributed by atoms with Gasteiger partial charge in [0.2, 0.25) is 5.91 Å². The summed E-state index contributed by atoms with van der Waals surface area (Å²) in [6.45, 7) is 7.50. The summed E-state index contributed by atoms with van der Waals surface area (Å²) >= 11 is 0. The maximum atomic E-state index is 10.2. The first-order valence-corrected chi connectivity index (χ1v) is 9.30. The van der Waals surface area contributed by atoms with Gasteiger partial charge in [-0.1, -0.05) is 64.7 Å². The molecule has 4 heteroatoms. The number of hydrogen-bond acceptors (Lipinski definition) is 4. The van der Waals surface area contributed by atoms with E-state index in [2.05, 4.69) is 6.92 Å². The van der Waals surface area contributed by atoms with E-state index in [4.69, 9.17) is 9.84 Å². The van der Waals surface area contributed by atoms with Crippen LogP contribution in [0.2, 0.25) is 0 Å². The van der Waals surface area contributed by atoms with Crippen molar-refractivity contribution in [3.05, 3.63) is 0 Å². The van der Waals surface area contributed by atoms with E-state index in [9.17, 15) is 5.11 Å². The van der Waals surface area contributed by atoms with E-state index in [1.54, 1.807) is 6.92 Å². The minimum atomic E-state index is -1.27. The molecule has 0 saturated carbocycles. The van der Waals surface area contributed by atoms with Gasteiger partial charge >= 0.3 is 0 Å². The van der Waals surface area contributed by atoms with Gasteiger partial charge in [0.05, 0.1) is 6.61 Å². The van der Waals surface area contributed by atoms with Gasteiger partial charge in [0.15, 0.2) is 0 Å². The first-order chi connectivity index (χ1) is 10.6. The molecule has 0 aliphatic heterocycles. The van der Waals surface area contributed by atoms with Crippen LogP contribution in [0.1, 0.15) is 85.0 Å². The Hall–Kier alpha value is -0.160. The van der Waals surface area contributed by atoms with Gasteiger partial charge in [0, 0.05) is 26.6 Å². The zero-order valence-electron chi connectivity index (χ0n) is 15.1. The van der Waals surface area contributed by atoms with E-state index in [1.165, 1.54) is 57.8 Å². The van der Waals surface area contributed by atoms with Crippen molar-refractivity contribution in [1.82, 2.24) is 4.90 Å². The largest absolute Gasteiger partial charge is 0.395 e. The minimum Gasteiger partial charge on any atom is -0.395 e. The molecular weight excluding hydrogens is 278 g/mol. The van der Waals surface area contributed by atoms with Crippen LogP contribution in [0.3, 0.4) is 0 Å². The van der Waals surface area contributed by atoms with Gasteiger partial charge < -0.3 is 14.9 Å². The second-order valence-electron chi connectivity index (χ2n) is 6.26. The van der Waals surface area contributed by atoms with Crippen LogP contribution in [0.5, 0.6) is 0 Å². The Morgan fingerprint density at radius 1 is 0.818 bits per heavy atom. The Morgan fingerprint density at radius 3 is 1.77 bits per heavy atom. The summed E-state index contributed by atoms with van der Waals surface area (Å²) in [6.07, 6.45) is 13.0. The third kappa shape index (κ3) is 11.4. The lowest BCUT2D eigenvalue weighted by molar-refractivity contribution is -0.280. The standard InChI is InChI=1S/C18H39NO3/c1-4-6-7-8-9-10-11-12-13-14-15-19(16-17-20)18(3,21)22-5-2/h20-21H,4-17H2,1-3H3. The van der Waals surface area contributed by atoms with E-state index in [0.29, 0.717) is 13.2 Å². The number of aliphatic hydroxyl groups excluding tert-OH is 1. The highest BCUT2D eigenvalue weighted by Crippen LogP contribution is 2.15. The average molecular weight is 318 g/mol. The van der Waals surface area contributed by atoms with Crippen LogP contribution in [-0.2, 0) is 4.74 Å². The zero-order chi connectivity index (χ0) is 16.7. The van der Waals surface area contributed by atoms with E-state index < -0.39 is 5.91 Å². The predicted octanol–water partition coefficient (Wildman–Crippen LogP) is 3.90. The monoisotopic (exact) mass is 317 g/mol. The molecule has 0 aromatic heterocycles. The number of unbranched alkanes of at least 4 members (excludes halogenated alkanes) is 9. The fraction of sp³-hybridized carbons (Fsp3) is 1.00. The molecule has 1 unspecified atom stereocenters. The summed E-state index contributed by atoms with van der Waals surface area (Å²) in [7, 11) is 0. The number of nitrogens with zero attached hydrogens (tertiary/aromatic N) is 1. The van der Waals surface area contributed by atoms with Crippen LogP contribution in [0.25, 0.3) is 0 Å². The van der Waals surface area contributed by atoms with Crippen LogP contribution in [0.15, 0.2) is 0 Å². The van der Waals surface area contributed by atoms with Gasteiger partial charge in [-0.3, -0.25) is 4.90 Å². The maximum absolute atomic E-state index is 10.2. The maximum Gasteiger partial charge on any atom is 0.224 e. The van der Waals surface area contributed by atoms with E-state index in [-0.39, 0.29) is 6.61 Å².